The zero-order valence-electron chi connectivity index (χ0n) is 12.7. The number of benzene rings is 1. The van der Waals surface area contributed by atoms with Gasteiger partial charge in [0.1, 0.15) is 0 Å². The second-order valence-corrected chi connectivity index (χ2v) is 6.88. The smallest absolute Gasteiger partial charge is 0.224 e. The van der Waals surface area contributed by atoms with Gasteiger partial charge in [0.25, 0.3) is 0 Å². The topological polar surface area (TPSA) is 68.0 Å². The Bertz CT molecular complexity index is 710. The van der Waals surface area contributed by atoms with Gasteiger partial charge in [0.2, 0.25) is 5.91 Å². The van der Waals surface area contributed by atoms with Crippen molar-refractivity contribution in [2.75, 3.05) is 11.9 Å². The minimum Gasteiger partial charge on any atom is -0.383 e. The van der Waals surface area contributed by atoms with Crippen molar-refractivity contribution >= 4 is 38.4 Å². The van der Waals surface area contributed by atoms with Crippen LogP contribution in [0.3, 0.4) is 0 Å². The SMILES string of the molecule is Cc1nc2ccc(Br)cc2c(NCC(C)(C)C(N)=O)c1C. The number of amides is 1. The highest BCUT2D eigenvalue weighted by Crippen LogP contribution is 2.31. The summed E-state index contributed by atoms with van der Waals surface area (Å²) in [5.41, 5.74) is 8.83. The number of halogens is 1. The predicted octanol–water partition coefficient (Wildman–Crippen LogP) is 3.54. The summed E-state index contributed by atoms with van der Waals surface area (Å²) in [7, 11) is 0. The molecule has 0 aliphatic rings. The molecule has 2 aromatic rings. The van der Waals surface area contributed by atoms with E-state index in [0.29, 0.717) is 6.54 Å². The summed E-state index contributed by atoms with van der Waals surface area (Å²) in [6.07, 6.45) is 0. The van der Waals surface area contributed by atoms with Gasteiger partial charge < -0.3 is 11.1 Å². The normalized spacial score (nSPS) is 11.7. The van der Waals surface area contributed by atoms with Crippen molar-refractivity contribution < 1.29 is 4.79 Å². The summed E-state index contributed by atoms with van der Waals surface area (Å²) in [6.45, 7) is 8.17. The quantitative estimate of drug-likeness (QED) is 0.886. The zero-order valence-corrected chi connectivity index (χ0v) is 14.3. The van der Waals surface area contributed by atoms with E-state index < -0.39 is 5.41 Å². The third-order valence-corrected chi connectivity index (χ3v) is 4.30. The summed E-state index contributed by atoms with van der Waals surface area (Å²) in [6, 6.07) is 5.99. The Morgan fingerprint density at radius 3 is 2.67 bits per heavy atom. The average molecular weight is 350 g/mol. The number of carbonyl (C=O) groups is 1. The second kappa shape index (κ2) is 5.64. The summed E-state index contributed by atoms with van der Waals surface area (Å²) < 4.78 is 0.997. The lowest BCUT2D eigenvalue weighted by molar-refractivity contribution is -0.125. The molecule has 0 saturated carbocycles. The number of anilines is 1. The highest BCUT2D eigenvalue weighted by atomic mass is 79.9. The molecular formula is C16H20BrN3O. The molecule has 0 bridgehead atoms. The molecule has 0 spiro atoms. The van der Waals surface area contributed by atoms with E-state index in [1.165, 1.54) is 0 Å². The molecule has 0 saturated heterocycles. The van der Waals surface area contributed by atoms with E-state index in [2.05, 4.69) is 26.2 Å². The van der Waals surface area contributed by atoms with Crippen LogP contribution in [0.1, 0.15) is 25.1 Å². The Kier molecular flexibility index (Phi) is 4.23. The lowest BCUT2D eigenvalue weighted by atomic mass is 9.92. The van der Waals surface area contributed by atoms with Gasteiger partial charge in [-0.15, -0.1) is 0 Å². The van der Waals surface area contributed by atoms with E-state index in [1.807, 2.05) is 45.9 Å². The lowest BCUT2D eigenvalue weighted by Crippen LogP contribution is -2.37. The maximum absolute atomic E-state index is 11.5. The van der Waals surface area contributed by atoms with Gasteiger partial charge in [-0.2, -0.15) is 0 Å². The van der Waals surface area contributed by atoms with Crippen LogP contribution < -0.4 is 11.1 Å². The number of carbonyl (C=O) groups excluding carboxylic acids is 1. The van der Waals surface area contributed by atoms with E-state index in [-0.39, 0.29) is 5.91 Å². The molecule has 21 heavy (non-hydrogen) atoms. The number of nitrogens with one attached hydrogen (secondary N) is 1. The molecule has 0 unspecified atom stereocenters. The third-order valence-electron chi connectivity index (χ3n) is 3.81. The van der Waals surface area contributed by atoms with Crippen molar-refractivity contribution in [3.63, 3.8) is 0 Å². The summed E-state index contributed by atoms with van der Waals surface area (Å²) in [5.74, 6) is -0.316. The fourth-order valence-corrected chi connectivity index (χ4v) is 2.44. The fraction of sp³-hybridized carbons (Fsp3) is 0.375. The van der Waals surface area contributed by atoms with Gasteiger partial charge in [-0.05, 0) is 51.5 Å². The average Bonchev–Trinajstić information content (AvgIpc) is 2.40. The largest absolute Gasteiger partial charge is 0.383 e. The Labute approximate surface area is 133 Å². The minimum atomic E-state index is -0.609. The molecule has 0 fully saturated rings. The number of aryl methyl sites for hydroxylation is 1. The molecule has 0 atom stereocenters. The summed E-state index contributed by atoms with van der Waals surface area (Å²) in [5, 5.41) is 4.42. The Morgan fingerprint density at radius 1 is 1.38 bits per heavy atom. The minimum absolute atomic E-state index is 0.316. The standard InChI is InChI=1S/C16H20BrN3O/c1-9-10(2)20-13-6-5-11(17)7-12(13)14(9)19-8-16(3,4)15(18)21/h5-7H,8H2,1-4H3,(H2,18,21)(H,19,20). The molecule has 0 aliphatic carbocycles. The van der Waals surface area contributed by atoms with Crippen molar-refractivity contribution in [2.24, 2.45) is 11.1 Å². The Balaban J connectivity index is 2.49. The zero-order chi connectivity index (χ0) is 15.8. The molecule has 4 nitrogen and oxygen atoms in total. The van der Waals surface area contributed by atoms with Crippen LogP contribution in [0, 0.1) is 19.3 Å². The third kappa shape index (κ3) is 3.18. The van der Waals surface area contributed by atoms with E-state index in [0.717, 1.165) is 32.3 Å². The van der Waals surface area contributed by atoms with Gasteiger partial charge in [-0.1, -0.05) is 15.9 Å². The van der Waals surface area contributed by atoms with E-state index in [4.69, 9.17) is 5.73 Å². The van der Waals surface area contributed by atoms with Crippen molar-refractivity contribution in [1.29, 1.82) is 0 Å². The van der Waals surface area contributed by atoms with Crippen LogP contribution in [0.4, 0.5) is 5.69 Å². The second-order valence-electron chi connectivity index (χ2n) is 5.96. The maximum atomic E-state index is 11.5. The Morgan fingerprint density at radius 2 is 2.05 bits per heavy atom. The number of nitrogens with two attached hydrogens (primary N) is 1. The molecule has 2 rings (SSSR count). The molecule has 112 valence electrons. The van der Waals surface area contributed by atoms with Crippen molar-refractivity contribution in [3.05, 3.63) is 33.9 Å². The van der Waals surface area contributed by atoms with Crippen LogP contribution >= 0.6 is 15.9 Å². The number of nitrogens with zero attached hydrogens (tertiary/aromatic N) is 1. The first-order valence-electron chi connectivity index (χ1n) is 6.82. The first kappa shape index (κ1) is 15.8. The number of hydrogen-bond donors (Lipinski definition) is 2. The molecule has 1 heterocycles. The number of pyridine rings is 1. The molecule has 5 heteroatoms. The van der Waals surface area contributed by atoms with Crippen LogP contribution in [0.15, 0.2) is 22.7 Å². The number of primary amides is 1. The van der Waals surface area contributed by atoms with Crippen molar-refractivity contribution in [3.8, 4) is 0 Å². The van der Waals surface area contributed by atoms with Gasteiger partial charge >= 0.3 is 0 Å². The number of fused-ring (bicyclic) bond motifs is 1. The maximum Gasteiger partial charge on any atom is 0.224 e. The van der Waals surface area contributed by atoms with Crippen LogP contribution in [-0.4, -0.2) is 17.4 Å². The van der Waals surface area contributed by atoms with Crippen LogP contribution in [-0.2, 0) is 4.79 Å². The first-order valence-corrected chi connectivity index (χ1v) is 7.62. The summed E-state index contributed by atoms with van der Waals surface area (Å²) in [4.78, 5) is 16.1. The highest BCUT2D eigenvalue weighted by Gasteiger charge is 2.25. The molecular weight excluding hydrogens is 330 g/mol. The van der Waals surface area contributed by atoms with E-state index >= 15 is 0 Å². The number of aromatic nitrogens is 1. The number of hydrogen-bond acceptors (Lipinski definition) is 3. The van der Waals surface area contributed by atoms with Crippen molar-refractivity contribution in [2.45, 2.75) is 27.7 Å². The molecule has 0 aliphatic heterocycles. The van der Waals surface area contributed by atoms with Gasteiger partial charge in [0, 0.05) is 27.8 Å². The molecule has 1 aromatic carbocycles. The van der Waals surface area contributed by atoms with Gasteiger partial charge in [0.15, 0.2) is 0 Å². The highest BCUT2D eigenvalue weighted by molar-refractivity contribution is 9.10. The van der Waals surface area contributed by atoms with Crippen LogP contribution in [0.2, 0.25) is 0 Å². The molecule has 1 aromatic heterocycles. The van der Waals surface area contributed by atoms with Crippen LogP contribution in [0.25, 0.3) is 10.9 Å². The van der Waals surface area contributed by atoms with Crippen LogP contribution in [0.5, 0.6) is 0 Å². The first-order chi connectivity index (χ1) is 9.72. The molecule has 3 N–H and O–H groups in total. The lowest BCUT2D eigenvalue weighted by Gasteiger charge is -2.23. The molecule has 0 radical (unpaired) electrons. The van der Waals surface area contributed by atoms with E-state index in [1.54, 1.807) is 0 Å². The molecule has 1 amide bonds. The number of rotatable bonds is 4. The van der Waals surface area contributed by atoms with Gasteiger partial charge in [-0.3, -0.25) is 9.78 Å². The van der Waals surface area contributed by atoms with Crippen molar-refractivity contribution in [1.82, 2.24) is 4.98 Å². The summed E-state index contributed by atoms with van der Waals surface area (Å²) >= 11 is 3.49. The van der Waals surface area contributed by atoms with Gasteiger partial charge in [-0.25, -0.2) is 0 Å². The monoisotopic (exact) mass is 349 g/mol. The Hall–Kier alpha value is -1.62. The van der Waals surface area contributed by atoms with Gasteiger partial charge in [0.05, 0.1) is 10.9 Å². The predicted molar refractivity (Wildman–Crippen MR) is 90.4 cm³/mol. The fourth-order valence-electron chi connectivity index (χ4n) is 2.08. The van der Waals surface area contributed by atoms with E-state index in [9.17, 15) is 4.79 Å².